The van der Waals surface area contributed by atoms with E-state index >= 15 is 0 Å². The highest BCUT2D eigenvalue weighted by atomic mass is 32.2. The second-order valence-corrected chi connectivity index (χ2v) is 5.90. The summed E-state index contributed by atoms with van der Waals surface area (Å²) in [5.74, 6) is -0.360. The van der Waals surface area contributed by atoms with Crippen LogP contribution in [0.5, 0.6) is 0 Å². The third-order valence-electron chi connectivity index (χ3n) is 2.96. The molecule has 0 aliphatic heterocycles. The third kappa shape index (κ3) is 3.54. The van der Waals surface area contributed by atoms with Crippen molar-refractivity contribution >= 4 is 33.1 Å². The van der Waals surface area contributed by atoms with E-state index in [4.69, 9.17) is 10.3 Å². The minimum atomic E-state index is -4.34. The topological polar surface area (TPSA) is 122 Å². The fourth-order valence-corrected chi connectivity index (χ4v) is 2.54. The van der Waals surface area contributed by atoms with Crippen LogP contribution < -0.4 is 16.4 Å². The number of nitrogen functional groups attached to an aromatic ring is 1. The molecule has 2 aromatic rings. The molecule has 5 N–H and O–H groups in total. The Kier molecular flexibility index (Phi) is 4.34. The number of carbonyl (C=O) groups is 1. The van der Waals surface area contributed by atoms with Crippen LogP contribution in [0, 0.1) is 0 Å². The summed E-state index contributed by atoms with van der Waals surface area (Å²) in [6, 6.07) is 10.4. The van der Waals surface area contributed by atoms with E-state index in [1.807, 2.05) is 0 Å². The number of amides is 1. The maximum Gasteiger partial charge on any atom is 0.296 e. The molecule has 22 heavy (non-hydrogen) atoms. The molecule has 116 valence electrons. The average molecular weight is 321 g/mol. The van der Waals surface area contributed by atoms with Gasteiger partial charge in [-0.25, -0.2) is 0 Å². The van der Waals surface area contributed by atoms with Gasteiger partial charge in [0.2, 0.25) is 0 Å². The zero-order chi connectivity index (χ0) is 16.3. The molecule has 0 radical (unpaired) electrons. The van der Waals surface area contributed by atoms with Crippen molar-refractivity contribution in [1.29, 1.82) is 0 Å². The molecule has 0 atom stereocenters. The summed E-state index contributed by atoms with van der Waals surface area (Å²) in [6.07, 6.45) is 0. The summed E-state index contributed by atoms with van der Waals surface area (Å²) in [6.45, 7) is 0. The van der Waals surface area contributed by atoms with Crippen molar-refractivity contribution in [2.75, 3.05) is 23.4 Å². The fraction of sp³-hybridized carbons (Fsp3) is 0.0714. The Morgan fingerprint density at radius 1 is 1.14 bits per heavy atom. The van der Waals surface area contributed by atoms with E-state index in [1.165, 1.54) is 25.2 Å². The number of hydrogen-bond acceptors (Lipinski definition) is 5. The van der Waals surface area contributed by atoms with Crippen LogP contribution >= 0.6 is 0 Å². The monoisotopic (exact) mass is 321 g/mol. The van der Waals surface area contributed by atoms with Crippen molar-refractivity contribution in [1.82, 2.24) is 0 Å². The number of rotatable bonds is 4. The molecule has 0 aromatic heterocycles. The number of anilines is 3. The zero-order valence-electron chi connectivity index (χ0n) is 11.7. The van der Waals surface area contributed by atoms with E-state index in [1.54, 1.807) is 24.3 Å². The molecule has 2 aromatic carbocycles. The second kappa shape index (κ2) is 6.04. The Balaban J connectivity index is 2.27. The van der Waals surface area contributed by atoms with Gasteiger partial charge in [-0.1, -0.05) is 0 Å². The number of benzene rings is 2. The lowest BCUT2D eigenvalue weighted by atomic mass is 10.2. The van der Waals surface area contributed by atoms with E-state index in [0.29, 0.717) is 16.9 Å². The molecule has 0 fully saturated rings. The van der Waals surface area contributed by atoms with E-state index in [-0.39, 0.29) is 16.5 Å². The smallest absolute Gasteiger partial charge is 0.296 e. The molecule has 0 bridgehead atoms. The Labute approximate surface area is 127 Å². The van der Waals surface area contributed by atoms with Gasteiger partial charge in [0.1, 0.15) is 4.90 Å². The lowest BCUT2D eigenvalue weighted by Crippen LogP contribution is -2.12. The molecule has 0 aliphatic carbocycles. The van der Waals surface area contributed by atoms with Crippen molar-refractivity contribution < 1.29 is 17.8 Å². The van der Waals surface area contributed by atoms with Crippen molar-refractivity contribution in [2.45, 2.75) is 4.90 Å². The van der Waals surface area contributed by atoms with Gasteiger partial charge in [0, 0.05) is 24.0 Å². The van der Waals surface area contributed by atoms with Crippen molar-refractivity contribution in [3.63, 3.8) is 0 Å². The number of nitrogens with two attached hydrogens (primary N) is 1. The highest BCUT2D eigenvalue weighted by Crippen LogP contribution is 2.25. The average Bonchev–Trinajstić information content (AvgIpc) is 2.46. The van der Waals surface area contributed by atoms with E-state index < -0.39 is 10.1 Å². The molecule has 7 nitrogen and oxygen atoms in total. The maximum absolute atomic E-state index is 12.1. The number of carbonyl (C=O) groups excluding carboxylic acids is 1. The fourth-order valence-electron chi connectivity index (χ4n) is 1.87. The van der Waals surface area contributed by atoms with Gasteiger partial charge in [0.05, 0.1) is 5.69 Å². The molecule has 0 aliphatic rings. The second-order valence-electron chi connectivity index (χ2n) is 4.51. The lowest BCUT2D eigenvalue weighted by molar-refractivity contribution is 0.102. The maximum atomic E-state index is 12.1. The lowest BCUT2D eigenvalue weighted by Gasteiger charge is -2.10. The molecular weight excluding hydrogens is 306 g/mol. The van der Waals surface area contributed by atoms with Crippen LogP contribution in [-0.4, -0.2) is 25.9 Å². The SMILES string of the molecule is CNc1cc(NC(=O)c2ccc(N)cc2)ccc1S(=O)(=O)O. The van der Waals surface area contributed by atoms with Gasteiger partial charge in [-0.05, 0) is 42.5 Å². The molecular formula is C14H15N3O4S. The summed E-state index contributed by atoms with van der Waals surface area (Å²) >= 11 is 0. The van der Waals surface area contributed by atoms with Crippen LogP contribution in [0.4, 0.5) is 17.1 Å². The first-order chi connectivity index (χ1) is 10.3. The minimum Gasteiger partial charge on any atom is -0.399 e. The molecule has 1 amide bonds. The van der Waals surface area contributed by atoms with Crippen molar-refractivity contribution in [3.05, 3.63) is 48.0 Å². The standard InChI is InChI=1S/C14H15N3O4S/c1-16-12-8-11(6-7-13(12)22(19,20)21)17-14(18)9-2-4-10(15)5-3-9/h2-8,16H,15H2,1H3,(H,17,18)(H,19,20,21). The number of hydrogen-bond donors (Lipinski definition) is 4. The highest BCUT2D eigenvalue weighted by molar-refractivity contribution is 7.86. The summed E-state index contributed by atoms with van der Waals surface area (Å²) in [5.41, 5.74) is 7.08. The molecule has 2 rings (SSSR count). The predicted molar refractivity (Wildman–Crippen MR) is 84.6 cm³/mol. The van der Waals surface area contributed by atoms with Crippen LogP contribution in [0.15, 0.2) is 47.4 Å². The van der Waals surface area contributed by atoms with Gasteiger partial charge in [-0.2, -0.15) is 8.42 Å². The zero-order valence-corrected chi connectivity index (χ0v) is 12.5. The molecule has 0 heterocycles. The molecule has 0 spiro atoms. The number of nitrogens with one attached hydrogen (secondary N) is 2. The summed E-state index contributed by atoms with van der Waals surface area (Å²) in [4.78, 5) is 11.8. The largest absolute Gasteiger partial charge is 0.399 e. The third-order valence-corrected chi connectivity index (χ3v) is 3.87. The van der Waals surface area contributed by atoms with E-state index in [9.17, 15) is 13.2 Å². The molecule has 0 unspecified atom stereocenters. The quantitative estimate of drug-likeness (QED) is 0.503. The highest BCUT2D eigenvalue weighted by Gasteiger charge is 2.16. The first-order valence-electron chi connectivity index (χ1n) is 6.27. The summed E-state index contributed by atoms with van der Waals surface area (Å²) in [5, 5.41) is 5.29. The first kappa shape index (κ1) is 15.8. The summed E-state index contributed by atoms with van der Waals surface area (Å²) < 4.78 is 31.5. The normalized spacial score (nSPS) is 11.0. The van der Waals surface area contributed by atoms with Gasteiger partial charge >= 0.3 is 0 Å². The Morgan fingerprint density at radius 3 is 2.32 bits per heavy atom. The van der Waals surface area contributed by atoms with Crippen LogP contribution in [0.1, 0.15) is 10.4 Å². The van der Waals surface area contributed by atoms with Crippen LogP contribution in [0.3, 0.4) is 0 Å². The van der Waals surface area contributed by atoms with Crippen LogP contribution in [-0.2, 0) is 10.1 Å². The van der Waals surface area contributed by atoms with Crippen molar-refractivity contribution in [2.24, 2.45) is 0 Å². The Bertz CT molecular complexity index is 801. The van der Waals surface area contributed by atoms with Gasteiger partial charge in [0.15, 0.2) is 0 Å². The Morgan fingerprint density at radius 2 is 1.77 bits per heavy atom. The van der Waals surface area contributed by atoms with Crippen LogP contribution in [0.25, 0.3) is 0 Å². The Hall–Kier alpha value is -2.58. The molecule has 0 saturated carbocycles. The van der Waals surface area contributed by atoms with E-state index in [0.717, 1.165) is 0 Å². The van der Waals surface area contributed by atoms with Gasteiger partial charge in [-0.3, -0.25) is 9.35 Å². The minimum absolute atomic E-state index is 0.178. The predicted octanol–water partition coefficient (Wildman–Crippen LogP) is 1.81. The van der Waals surface area contributed by atoms with E-state index in [2.05, 4.69) is 10.6 Å². The van der Waals surface area contributed by atoms with Crippen LogP contribution in [0.2, 0.25) is 0 Å². The van der Waals surface area contributed by atoms with Gasteiger partial charge < -0.3 is 16.4 Å². The first-order valence-corrected chi connectivity index (χ1v) is 7.71. The van der Waals surface area contributed by atoms with Gasteiger partial charge in [-0.15, -0.1) is 0 Å². The summed E-state index contributed by atoms with van der Waals surface area (Å²) in [7, 11) is -2.83. The molecule has 0 saturated heterocycles. The van der Waals surface area contributed by atoms with Crippen molar-refractivity contribution in [3.8, 4) is 0 Å². The van der Waals surface area contributed by atoms with Gasteiger partial charge in [0.25, 0.3) is 16.0 Å². The molecule has 8 heteroatoms.